The number of hydrogen-bond donors (Lipinski definition) is 1. The van der Waals surface area contributed by atoms with Crippen LogP contribution in [-0.4, -0.2) is 16.5 Å². The number of nitrogens with zero attached hydrogens (tertiary/aromatic N) is 2. The summed E-state index contributed by atoms with van der Waals surface area (Å²) < 4.78 is 1.05. The number of anilines is 1. The third kappa shape index (κ3) is 3.40. The molecule has 0 aliphatic heterocycles. The smallest absolute Gasteiger partial charge is 0.223 e. The molecule has 0 radical (unpaired) electrons. The van der Waals surface area contributed by atoms with Gasteiger partial charge >= 0.3 is 0 Å². The molecule has 1 N–H and O–H groups in total. The summed E-state index contributed by atoms with van der Waals surface area (Å²) in [7, 11) is 0. The molecule has 1 heterocycles. The van der Waals surface area contributed by atoms with Crippen molar-refractivity contribution >= 4 is 32.8 Å². The summed E-state index contributed by atoms with van der Waals surface area (Å²) in [4.78, 5) is 8.77. The van der Waals surface area contributed by atoms with Crippen LogP contribution in [0, 0.1) is 0 Å². The minimum atomic E-state index is 0.718. The number of nitrogens with one attached hydrogen (secondary N) is 1. The molecule has 90 valence electrons. The van der Waals surface area contributed by atoms with Gasteiger partial charge in [-0.25, -0.2) is 9.97 Å². The normalized spacial score (nSPS) is 10.7. The van der Waals surface area contributed by atoms with Gasteiger partial charge in [-0.15, -0.1) is 0 Å². The molecule has 2 aromatic rings. The quantitative estimate of drug-likeness (QED) is 0.847. The summed E-state index contributed by atoms with van der Waals surface area (Å²) in [5.41, 5.74) is 0.973. The van der Waals surface area contributed by atoms with Crippen LogP contribution in [0.3, 0.4) is 0 Å². The molecular formula is C13H16BrN3. The number of hydrogen-bond acceptors (Lipinski definition) is 3. The van der Waals surface area contributed by atoms with Crippen LogP contribution in [0.4, 0.5) is 5.95 Å². The van der Waals surface area contributed by atoms with Gasteiger partial charge in [-0.2, -0.15) is 0 Å². The lowest BCUT2D eigenvalue weighted by Crippen LogP contribution is -2.05. The van der Waals surface area contributed by atoms with Crippen molar-refractivity contribution in [3.05, 3.63) is 28.9 Å². The fraction of sp³-hybridized carbons (Fsp3) is 0.385. The van der Waals surface area contributed by atoms with Crippen molar-refractivity contribution in [2.75, 3.05) is 11.9 Å². The molecule has 2 rings (SSSR count). The van der Waals surface area contributed by atoms with Gasteiger partial charge in [0.25, 0.3) is 0 Å². The highest BCUT2D eigenvalue weighted by Crippen LogP contribution is 2.18. The van der Waals surface area contributed by atoms with E-state index in [1.54, 1.807) is 0 Å². The van der Waals surface area contributed by atoms with Crippen molar-refractivity contribution in [3.8, 4) is 0 Å². The highest BCUT2D eigenvalue weighted by Gasteiger charge is 1.99. The third-order valence-corrected chi connectivity index (χ3v) is 3.10. The van der Waals surface area contributed by atoms with Crippen LogP contribution in [0.15, 0.2) is 28.9 Å². The summed E-state index contributed by atoms with van der Waals surface area (Å²) in [5, 5.41) is 4.31. The van der Waals surface area contributed by atoms with Gasteiger partial charge in [0, 0.05) is 22.6 Å². The Morgan fingerprint density at radius 2 is 2.18 bits per heavy atom. The Bertz CT molecular complexity index is 499. The molecule has 0 aliphatic rings. The minimum Gasteiger partial charge on any atom is -0.354 e. The SMILES string of the molecule is CCCCCNc1ncc2cc(Br)ccc2n1. The van der Waals surface area contributed by atoms with Crippen molar-refractivity contribution in [1.82, 2.24) is 9.97 Å². The van der Waals surface area contributed by atoms with E-state index in [4.69, 9.17) is 0 Å². The Morgan fingerprint density at radius 1 is 1.29 bits per heavy atom. The van der Waals surface area contributed by atoms with E-state index in [0.717, 1.165) is 34.3 Å². The number of rotatable bonds is 5. The summed E-state index contributed by atoms with van der Waals surface area (Å²) >= 11 is 3.44. The first-order chi connectivity index (χ1) is 8.29. The van der Waals surface area contributed by atoms with Crippen LogP contribution in [0.1, 0.15) is 26.2 Å². The van der Waals surface area contributed by atoms with Gasteiger partial charge in [0.2, 0.25) is 5.95 Å². The van der Waals surface area contributed by atoms with E-state index < -0.39 is 0 Å². The van der Waals surface area contributed by atoms with E-state index >= 15 is 0 Å². The Labute approximate surface area is 110 Å². The second-order valence-electron chi connectivity index (χ2n) is 4.03. The highest BCUT2D eigenvalue weighted by molar-refractivity contribution is 9.10. The van der Waals surface area contributed by atoms with Crippen molar-refractivity contribution in [2.24, 2.45) is 0 Å². The standard InChI is InChI=1S/C13H16BrN3/c1-2-3-4-7-15-13-16-9-10-8-11(14)5-6-12(10)17-13/h5-6,8-9H,2-4,7H2,1H3,(H,15,16,17). The van der Waals surface area contributed by atoms with Gasteiger partial charge in [0.15, 0.2) is 0 Å². The van der Waals surface area contributed by atoms with Crippen molar-refractivity contribution < 1.29 is 0 Å². The van der Waals surface area contributed by atoms with E-state index in [2.05, 4.69) is 38.1 Å². The van der Waals surface area contributed by atoms with E-state index in [1.165, 1.54) is 12.8 Å². The molecule has 0 aliphatic carbocycles. The zero-order chi connectivity index (χ0) is 12.1. The Hall–Kier alpha value is -1.16. The lowest BCUT2D eigenvalue weighted by atomic mass is 10.2. The zero-order valence-corrected chi connectivity index (χ0v) is 11.5. The molecule has 1 aromatic carbocycles. The average molecular weight is 294 g/mol. The maximum Gasteiger partial charge on any atom is 0.223 e. The highest BCUT2D eigenvalue weighted by atomic mass is 79.9. The Morgan fingerprint density at radius 3 is 3.00 bits per heavy atom. The third-order valence-electron chi connectivity index (χ3n) is 2.61. The molecule has 0 saturated heterocycles. The molecule has 0 fully saturated rings. The predicted molar refractivity (Wildman–Crippen MR) is 75.3 cm³/mol. The molecule has 3 nitrogen and oxygen atoms in total. The minimum absolute atomic E-state index is 0.718. The molecule has 0 amide bonds. The van der Waals surface area contributed by atoms with E-state index in [-0.39, 0.29) is 0 Å². The van der Waals surface area contributed by atoms with Crippen LogP contribution in [-0.2, 0) is 0 Å². The fourth-order valence-corrected chi connectivity index (χ4v) is 2.04. The van der Waals surface area contributed by atoms with Crippen LogP contribution in [0.2, 0.25) is 0 Å². The maximum atomic E-state index is 4.47. The molecule has 0 bridgehead atoms. The van der Waals surface area contributed by atoms with E-state index in [9.17, 15) is 0 Å². The lowest BCUT2D eigenvalue weighted by molar-refractivity contribution is 0.741. The van der Waals surface area contributed by atoms with Crippen molar-refractivity contribution in [1.29, 1.82) is 0 Å². The molecule has 17 heavy (non-hydrogen) atoms. The lowest BCUT2D eigenvalue weighted by Gasteiger charge is -2.05. The fourth-order valence-electron chi connectivity index (χ4n) is 1.66. The number of aromatic nitrogens is 2. The van der Waals surface area contributed by atoms with Crippen LogP contribution in [0.25, 0.3) is 10.9 Å². The number of halogens is 1. The van der Waals surface area contributed by atoms with Crippen LogP contribution >= 0.6 is 15.9 Å². The predicted octanol–water partition coefficient (Wildman–Crippen LogP) is 3.99. The van der Waals surface area contributed by atoms with Crippen molar-refractivity contribution in [2.45, 2.75) is 26.2 Å². The molecule has 0 spiro atoms. The summed E-state index contributed by atoms with van der Waals surface area (Å²) in [6, 6.07) is 6.02. The zero-order valence-electron chi connectivity index (χ0n) is 9.91. The number of unbranched alkanes of at least 4 members (excludes halogenated alkanes) is 2. The molecule has 0 saturated carbocycles. The van der Waals surface area contributed by atoms with Gasteiger partial charge in [-0.3, -0.25) is 0 Å². The Balaban J connectivity index is 2.07. The maximum absolute atomic E-state index is 4.47. The number of fused-ring (bicyclic) bond motifs is 1. The van der Waals surface area contributed by atoms with Gasteiger partial charge in [0.05, 0.1) is 5.52 Å². The van der Waals surface area contributed by atoms with E-state index in [1.807, 2.05) is 24.4 Å². The first kappa shape index (κ1) is 12.3. The summed E-state index contributed by atoms with van der Waals surface area (Å²) in [6.07, 6.45) is 5.50. The molecule has 0 unspecified atom stereocenters. The summed E-state index contributed by atoms with van der Waals surface area (Å²) in [5.74, 6) is 0.718. The topological polar surface area (TPSA) is 37.8 Å². The Kier molecular flexibility index (Phi) is 4.31. The monoisotopic (exact) mass is 293 g/mol. The largest absolute Gasteiger partial charge is 0.354 e. The van der Waals surface area contributed by atoms with E-state index in [0.29, 0.717) is 0 Å². The molecular weight excluding hydrogens is 278 g/mol. The van der Waals surface area contributed by atoms with Crippen LogP contribution < -0.4 is 5.32 Å². The molecule has 1 aromatic heterocycles. The van der Waals surface area contributed by atoms with Gasteiger partial charge in [-0.1, -0.05) is 35.7 Å². The summed E-state index contributed by atoms with van der Waals surface area (Å²) in [6.45, 7) is 3.14. The number of benzene rings is 1. The first-order valence-corrected chi connectivity index (χ1v) is 6.75. The van der Waals surface area contributed by atoms with Crippen LogP contribution in [0.5, 0.6) is 0 Å². The molecule has 4 heteroatoms. The van der Waals surface area contributed by atoms with Gasteiger partial charge < -0.3 is 5.32 Å². The first-order valence-electron chi connectivity index (χ1n) is 5.96. The average Bonchev–Trinajstić information content (AvgIpc) is 2.35. The van der Waals surface area contributed by atoms with Crippen molar-refractivity contribution in [3.63, 3.8) is 0 Å². The van der Waals surface area contributed by atoms with Gasteiger partial charge in [-0.05, 0) is 24.6 Å². The second kappa shape index (κ2) is 5.96. The second-order valence-corrected chi connectivity index (χ2v) is 4.95. The molecule has 0 atom stereocenters. The van der Waals surface area contributed by atoms with Gasteiger partial charge in [0.1, 0.15) is 0 Å².